The fraction of sp³-hybridized carbons (Fsp3) is 0.500. The van der Waals surface area contributed by atoms with Crippen LogP contribution in [0.4, 0.5) is 11.8 Å². The number of aliphatic hydroxyl groups is 1. The van der Waals surface area contributed by atoms with Crippen molar-refractivity contribution in [3.8, 4) is 0 Å². The second kappa shape index (κ2) is 8.01. The summed E-state index contributed by atoms with van der Waals surface area (Å²) in [6.45, 7) is 9.47. The first-order valence-electron chi connectivity index (χ1n) is 9.31. The zero-order valence-electron chi connectivity index (χ0n) is 15.9. The van der Waals surface area contributed by atoms with E-state index in [1.54, 1.807) is 0 Å². The third kappa shape index (κ3) is 4.31. The summed E-state index contributed by atoms with van der Waals surface area (Å²) in [5, 5.41) is 9.75. The maximum atomic E-state index is 9.75. The molecule has 2 heterocycles. The Bertz CT molecular complexity index is 721. The smallest absolute Gasteiger partial charge is 0.221 e. The summed E-state index contributed by atoms with van der Waals surface area (Å²) < 4.78 is 0. The second-order valence-electron chi connectivity index (χ2n) is 7.30. The molecular formula is C20H29N5O. The first-order chi connectivity index (χ1) is 12.4. The Morgan fingerprint density at radius 3 is 2.31 bits per heavy atom. The van der Waals surface area contributed by atoms with Crippen molar-refractivity contribution in [3.63, 3.8) is 0 Å². The Hall–Kier alpha value is -2.18. The lowest BCUT2D eigenvalue weighted by molar-refractivity contribution is 0.0152. The Labute approximate surface area is 155 Å². The van der Waals surface area contributed by atoms with Gasteiger partial charge in [0, 0.05) is 44.4 Å². The van der Waals surface area contributed by atoms with Crippen LogP contribution in [0.3, 0.4) is 0 Å². The van der Waals surface area contributed by atoms with Gasteiger partial charge in [-0.2, -0.15) is 4.98 Å². The Kier molecular flexibility index (Phi) is 5.74. The number of anilines is 2. The second-order valence-corrected chi connectivity index (χ2v) is 7.30. The zero-order valence-corrected chi connectivity index (χ0v) is 15.9. The maximum absolute atomic E-state index is 9.75. The number of nitrogen functional groups attached to an aromatic ring is 1. The molecule has 1 saturated heterocycles. The molecule has 0 radical (unpaired) electrons. The molecule has 1 aromatic heterocycles. The van der Waals surface area contributed by atoms with Crippen molar-refractivity contribution < 1.29 is 5.11 Å². The van der Waals surface area contributed by atoms with Gasteiger partial charge in [-0.25, -0.2) is 4.98 Å². The average molecular weight is 355 g/mol. The molecular weight excluding hydrogens is 326 g/mol. The third-order valence-electron chi connectivity index (χ3n) is 5.04. The highest BCUT2D eigenvalue weighted by Crippen LogP contribution is 2.24. The molecule has 0 saturated carbocycles. The number of hydrogen-bond donors (Lipinski definition) is 2. The summed E-state index contributed by atoms with van der Waals surface area (Å²) in [5.41, 5.74) is 9.53. The standard InChI is InChI=1S/C20H29N5O/c1-14(2)17-6-4-16(5-7-17)12-18-13-22-20(21)23-19(18)25-10-8-24(9-11-25)15(3)26/h4-7,13-15,26H,8-12H2,1-3H3,(H2,21,22,23). The van der Waals surface area contributed by atoms with E-state index in [1.165, 1.54) is 11.1 Å². The van der Waals surface area contributed by atoms with Crippen LogP contribution < -0.4 is 10.6 Å². The Balaban J connectivity index is 1.78. The molecule has 3 rings (SSSR count). The Morgan fingerprint density at radius 2 is 1.73 bits per heavy atom. The summed E-state index contributed by atoms with van der Waals surface area (Å²) in [6.07, 6.45) is 2.21. The van der Waals surface area contributed by atoms with E-state index in [1.807, 2.05) is 13.1 Å². The minimum absolute atomic E-state index is 0.303. The number of piperazine rings is 1. The van der Waals surface area contributed by atoms with Gasteiger partial charge in [-0.15, -0.1) is 0 Å². The van der Waals surface area contributed by atoms with E-state index in [0.717, 1.165) is 44.0 Å². The highest BCUT2D eigenvalue weighted by molar-refractivity contribution is 5.51. The van der Waals surface area contributed by atoms with Crippen LogP contribution in [0, 0.1) is 0 Å². The first-order valence-corrected chi connectivity index (χ1v) is 9.31. The van der Waals surface area contributed by atoms with E-state index < -0.39 is 6.23 Å². The largest absolute Gasteiger partial charge is 0.379 e. The van der Waals surface area contributed by atoms with E-state index in [0.29, 0.717) is 11.9 Å². The van der Waals surface area contributed by atoms with Crippen LogP contribution in [-0.4, -0.2) is 52.4 Å². The number of hydrogen-bond acceptors (Lipinski definition) is 6. The van der Waals surface area contributed by atoms with E-state index >= 15 is 0 Å². The number of nitrogens with zero attached hydrogens (tertiary/aromatic N) is 4. The minimum atomic E-state index is -0.411. The fourth-order valence-corrected chi connectivity index (χ4v) is 3.36. The normalized spacial score (nSPS) is 16.9. The Morgan fingerprint density at radius 1 is 1.08 bits per heavy atom. The van der Waals surface area contributed by atoms with Crippen LogP contribution in [-0.2, 0) is 6.42 Å². The number of benzene rings is 1. The van der Waals surface area contributed by atoms with Crippen LogP contribution in [0.2, 0.25) is 0 Å². The van der Waals surface area contributed by atoms with Crippen LogP contribution in [0.25, 0.3) is 0 Å². The SMILES string of the molecule is CC(C)c1ccc(Cc2cnc(N)nc2N2CCN(C(C)O)CC2)cc1. The molecule has 0 amide bonds. The molecule has 1 aliphatic heterocycles. The van der Waals surface area contributed by atoms with E-state index in [-0.39, 0.29) is 0 Å². The van der Waals surface area contributed by atoms with Crippen LogP contribution in [0.1, 0.15) is 43.4 Å². The molecule has 1 unspecified atom stereocenters. The van der Waals surface area contributed by atoms with E-state index in [4.69, 9.17) is 5.73 Å². The topological polar surface area (TPSA) is 78.5 Å². The number of rotatable bonds is 5. The number of aromatic nitrogens is 2. The van der Waals surface area contributed by atoms with Gasteiger partial charge in [-0.3, -0.25) is 4.90 Å². The fourth-order valence-electron chi connectivity index (χ4n) is 3.36. The summed E-state index contributed by atoms with van der Waals surface area (Å²) >= 11 is 0. The maximum Gasteiger partial charge on any atom is 0.221 e. The summed E-state index contributed by atoms with van der Waals surface area (Å²) in [4.78, 5) is 13.0. The molecule has 3 N–H and O–H groups in total. The molecule has 0 bridgehead atoms. The summed E-state index contributed by atoms with van der Waals surface area (Å²) in [7, 11) is 0. The van der Waals surface area contributed by atoms with Crippen molar-refractivity contribution in [1.82, 2.24) is 14.9 Å². The van der Waals surface area contributed by atoms with Gasteiger partial charge in [0.25, 0.3) is 0 Å². The molecule has 6 heteroatoms. The van der Waals surface area contributed by atoms with Crippen LogP contribution >= 0.6 is 0 Å². The molecule has 26 heavy (non-hydrogen) atoms. The lowest BCUT2D eigenvalue weighted by atomic mass is 9.99. The van der Waals surface area contributed by atoms with Crippen molar-refractivity contribution in [1.29, 1.82) is 0 Å². The monoisotopic (exact) mass is 355 g/mol. The molecule has 1 aromatic carbocycles. The molecule has 0 spiro atoms. The first kappa shape index (κ1) is 18.6. The van der Waals surface area contributed by atoms with Crippen molar-refractivity contribution in [2.45, 2.75) is 39.3 Å². The van der Waals surface area contributed by atoms with Crippen LogP contribution in [0.15, 0.2) is 30.5 Å². The van der Waals surface area contributed by atoms with Gasteiger partial charge in [-0.1, -0.05) is 38.1 Å². The average Bonchev–Trinajstić information content (AvgIpc) is 2.63. The van der Waals surface area contributed by atoms with Gasteiger partial charge >= 0.3 is 0 Å². The van der Waals surface area contributed by atoms with Gasteiger partial charge < -0.3 is 15.7 Å². The third-order valence-corrected chi connectivity index (χ3v) is 5.04. The lowest BCUT2D eigenvalue weighted by Gasteiger charge is -2.37. The molecule has 0 aliphatic carbocycles. The number of aliphatic hydroxyl groups excluding tert-OH is 1. The molecule has 1 atom stereocenters. The summed E-state index contributed by atoms with van der Waals surface area (Å²) in [6, 6.07) is 8.75. The molecule has 2 aromatic rings. The highest BCUT2D eigenvalue weighted by Gasteiger charge is 2.23. The van der Waals surface area contributed by atoms with Crippen molar-refractivity contribution in [2.24, 2.45) is 0 Å². The molecule has 140 valence electrons. The van der Waals surface area contributed by atoms with Gasteiger partial charge in [0.05, 0.1) is 0 Å². The molecule has 1 fully saturated rings. The zero-order chi connectivity index (χ0) is 18.7. The molecule has 1 aliphatic rings. The van der Waals surface area contributed by atoms with Crippen molar-refractivity contribution in [3.05, 3.63) is 47.2 Å². The van der Waals surface area contributed by atoms with Gasteiger partial charge in [0.1, 0.15) is 12.0 Å². The highest BCUT2D eigenvalue weighted by atomic mass is 16.3. The van der Waals surface area contributed by atoms with Crippen molar-refractivity contribution in [2.75, 3.05) is 36.8 Å². The van der Waals surface area contributed by atoms with Gasteiger partial charge in [0.15, 0.2) is 0 Å². The number of nitrogens with two attached hydrogens (primary N) is 1. The predicted molar refractivity (Wildman–Crippen MR) is 105 cm³/mol. The van der Waals surface area contributed by atoms with E-state index in [2.05, 4.69) is 57.9 Å². The minimum Gasteiger partial charge on any atom is -0.379 e. The quantitative estimate of drug-likeness (QED) is 0.856. The van der Waals surface area contributed by atoms with Gasteiger partial charge in [-0.05, 0) is 24.0 Å². The van der Waals surface area contributed by atoms with Gasteiger partial charge in [0.2, 0.25) is 5.95 Å². The summed E-state index contributed by atoms with van der Waals surface area (Å²) in [5.74, 6) is 1.75. The lowest BCUT2D eigenvalue weighted by Crippen LogP contribution is -2.50. The van der Waals surface area contributed by atoms with Crippen LogP contribution in [0.5, 0.6) is 0 Å². The predicted octanol–water partition coefficient (Wildman–Crippen LogP) is 2.23. The van der Waals surface area contributed by atoms with Crippen molar-refractivity contribution >= 4 is 11.8 Å². The molecule has 6 nitrogen and oxygen atoms in total. The van der Waals surface area contributed by atoms with E-state index in [9.17, 15) is 5.11 Å².